The standard InChI is InChI=1S/C21H25N3O4S/c1-14-5-3-4-6-16(14)20(26)22-15-7-10-24(11-8-15)13-18(25)23-17-9-12-29-19(17)21(27)28-2/h3-6,9,12,15H,7-8,10-11,13H2,1-2H3,(H,22,26)(H,23,25). The van der Waals surface area contributed by atoms with Crippen LogP contribution in [0.1, 0.15) is 38.4 Å². The van der Waals surface area contributed by atoms with E-state index < -0.39 is 5.97 Å². The number of nitrogens with one attached hydrogen (secondary N) is 2. The van der Waals surface area contributed by atoms with Crippen molar-refractivity contribution < 1.29 is 19.1 Å². The highest BCUT2D eigenvalue weighted by atomic mass is 32.1. The molecule has 0 aliphatic carbocycles. The summed E-state index contributed by atoms with van der Waals surface area (Å²) in [5.74, 6) is -0.677. The van der Waals surface area contributed by atoms with E-state index in [-0.39, 0.29) is 24.4 Å². The highest BCUT2D eigenvalue weighted by Crippen LogP contribution is 2.23. The van der Waals surface area contributed by atoms with E-state index in [1.165, 1.54) is 18.4 Å². The quantitative estimate of drug-likeness (QED) is 0.709. The number of thiophene rings is 1. The number of aryl methyl sites for hydroxylation is 1. The lowest BCUT2D eigenvalue weighted by molar-refractivity contribution is -0.117. The fourth-order valence-corrected chi connectivity index (χ4v) is 4.14. The summed E-state index contributed by atoms with van der Waals surface area (Å²) in [4.78, 5) is 39.0. The number of rotatable bonds is 6. The summed E-state index contributed by atoms with van der Waals surface area (Å²) in [5, 5.41) is 7.62. The Kier molecular flexibility index (Phi) is 7.00. The summed E-state index contributed by atoms with van der Waals surface area (Å²) < 4.78 is 4.72. The number of benzene rings is 1. The summed E-state index contributed by atoms with van der Waals surface area (Å²) in [7, 11) is 1.32. The zero-order valence-electron chi connectivity index (χ0n) is 16.6. The normalized spacial score (nSPS) is 15.0. The summed E-state index contributed by atoms with van der Waals surface area (Å²) in [6.07, 6.45) is 1.58. The van der Waals surface area contributed by atoms with Gasteiger partial charge in [0.05, 0.1) is 19.3 Å². The monoisotopic (exact) mass is 415 g/mol. The smallest absolute Gasteiger partial charge is 0.350 e. The van der Waals surface area contributed by atoms with Crippen LogP contribution in [-0.4, -0.2) is 55.5 Å². The number of anilines is 1. The number of piperidine rings is 1. The van der Waals surface area contributed by atoms with Crippen molar-refractivity contribution in [3.63, 3.8) is 0 Å². The number of likely N-dealkylation sites (tertiary alicyclic amines) is 1. The third-order valence-electron chi connectivity index (χ3n) is 4.99. The lowest BCUT2D eigenvalue weighted by Crippen LogP contribution is -2.46. The average molecular weight is 416 g/mol. The van der Waals surface area contributed by atoms with Gasteiger partial charge in [-0.3, -0.25) is 14.5 Å². The molecule has 0 saturated carbocycles. The number of nitrogens with zero attached hydrogens (tertiary/aromatic N) is 1. The SMILES string of the molecule is COC(=O)c1sccc1NC(=O)CN1CCC(NC(=O)c2ccccc2C)CC1. The lowest BCUT2D eigenvalue weighted by Gasteiger charge is -2.32. The molecule has 0 spiro atoms. The van der Waals surface area contributed by atoms with E-state index in [2.05, 4.69) is 15.5 Å². The number of amides is 2. The maximum Gasteiger partial charge on any atom is 0.350 e. The Labute approximate surface area is 174 Å². The number of esters is 1. The Morgan fingerprint density at radius 3 is 2.59 bits per heavy atom. The van der Waals surface area contributed by atoms with Crippen molar-refractivity contribution in [1.29, 1.82) is 0 Å². The number of hydrogen-bond acceptors (Lipinski definition) is 6. The van der Waals surface area contributed by atoms with Crippen LogP contribution in [0.15, 0.2) is 35.7 Å². The zero-order chi connectivity index (χ0) is 20.8. The van der Waals surface area contributed by atoms with Crippen molar-refractivity contribution in [3.05, 3.63) is 51.7 Å². The molecule has 1 aliphatic rings. The molecule has 29 heavy (non-hydrogen) atoms. The maximum atomic E-state index is 12.5. The van der Waals surface area contributed by atoms with Gasteiger partial charge < -0.3 is 15.4 Å². The van der Waals surface area contributed by atoms with Crippen molar-refractivity contribution in [1.82, 2.24) is 10.2 Å². The Hall–Kier alpha value is -2.71. The minimum Gasteiger partial charge on any atom is -0.465 e. The fraction of sp³-hybridized carbons (Fsp3) is 0.381. The first kappa shape index (κ1) is 21.0. The topological polar surface area (TPSA) is 87.7 Å². The molecule has 0 bridgehead atoms. The van der Waals surface area contributed by atoms with Crippen LogP contribution in [0.5, 0.6) is 0 Å². The zero-order valence-corrected chi connectivity index (χ0v) is 17.4. The minimum atomic E-state index is -0.458. The van der Waals surface area contributed by atoms with Crippen molar-refractivity contribution in [2.75, 3.05) is 32.1 Å². The molecule has 1 saturated heterocycles. The van der Waals surface area contributed by atoms with E-state index in [0.717, 1.165) is 31.5 Å². The Morgan fingerprint density at radius 2 is 1.90 bits per heavy atom. The van der Waals surface area contributed by atoms with E-state index in [1.54, 1.807) is 11.4 Å². The van der Waals surface area contributed by atoms with Gasteiger partial charge in [0.2, 0.25) is 5.91 Å². The van der Waals surface area contributed by atoms with Gasteiger partial charge in [-0.05, 0) is 42.8 Å². The van der Waals surface area contributed by atoms with Gasteiger partial charge in [0.25, 0.3) is 5.91 Å². The lowest BCUT2D eigenvalue weighted by atomic mass is 10.0. The van der Waals surface area contributed by atoms with Crippen LogP contribution >= 0.6 is 11.3 Å². The molecule has 1 aromatic carbocycles. The Balaban J connectivity index is 1.46. The van der Waals surface area contributed by atoms with Crippen LogP contribution in [0.2, 0.25) is 0 Å². The highest BCUT2D eigenvalue weighted by Gasteiger charge is 2.23. The molecule has 0 unspecified atom stereocenters. The number of methoxy groups -OCH3 is 1. The molecule has 2 amide bonds. The second-order valence-corrected chi connectivity index (χ2v) is 7.96. The molecule has 2 heterocycles. The molecule has 0 radical (unpaired) electrons. The van der Waals surface area contributed by atoms with Gasteiger partial charge in [0, 0.05) is 24.7 Å². The van der Waals surface area contributed by atoms with Crippen LogP contribution < -0.4 is 10.6 Å². The van der Waals surface area contributed by atoms with Gasteiger partial charge >= 0.3 is 5.97 Å². The van der Waals surface area contributed by atoms with E-state index in [4.69, 9.17) is 4.74 Å². The molecule has 1 aromatic heterocycles. The minimum absolute atomic E-state index is 0.0490. The average Bonchev–Trinajstić information content (AvgIpc) is 3.17. The number of hydrogen-bond donors (Lipinski definition) is 2. The summed E-state index contributed by atoms with van der Waals surface area (Å²) in [5.41, 5.74) is 2.14. The van der Waals surface area contributed by atoms with E-state index in [0.29, 0.717) is 16.1 Å². The predicted molar refractivity (Wildman–Crippen MR) is 112 cm³/mol. The molecule has 1 aliphatic heterocycles. The largest absolute Gasteiger partial charge is 0.465 e. The Morgan fingerprint density at radius 1 is 1.17 bits per heavy atom. The Bertz CT molecular complexity index is 888. The van der Waals surface area contributed by atoms with Gasteiger partial charge in [0.1, 0.15) is 4.88 Å². The highest BCUT2D eigenvalue weighted by molar-refractivity contribution is 7.12. The maximum absolute atomic E-state index is 12.5. The molecule has 2 aromatic rings. The third kappa shape index (κ3) is 5.42. The number of ether oxygens (including phenoxy) is 1. The van der Waals surface area contributed by atoms with Crippen LogP contribution in [0.3, 0.4) is 0 Å². The van der Waals surface area contributed by atoms with E-state index >= 15 is 0 Å². The van der Waals surface area contributed by atoms with E-state index in [1.807, 2.05) is 31.2 Å². The molecular weight excluding hydrogens is 390 g/mol. The van der Waals surface area contributed by atoms with Crippen LogP contribution in [0, 0.1) is 6.92 Å². The van der Waals surface area contributed by atoms with Gasteiger partial charge in [0.15, 0.2) is 0 Å². The van der Waals surface area contributed by atoms with Crippen molar-refractivity contribution in [2.24, 2.45) is 0 Å². The molecule has 2 N–H and O–H groups in total. The number of carbonyl (C=O) groups is 3. The summed E-state index contributed by atoms with van der Waals surface area (Å²) >= 11 is 1.23. The first-order valence-corrected chi connectivity index (χ1v) is 10.4. The van der Waals surface area contributed by atoms with Gasteiger partial charge in [-0.2, -0.15) is 0 Å². The fourth-order valence-electron chi connectivity index (χ4n) is 3.38. The molecule has 8 heteroatoms. The molecule has 0 atom stereocenters. The first-order valence-electron chi connectivity index (χ1n) is 9.52. The van der Waals surface area contributed by atoms with Gasteiger partial charge in [-0.15, -0.1) is 11.3 Å². The van der Waals surface area contributed by atoms with Crippen molar-refractivity contribution >= 4 is 34.8 Å². The molecule has 1 fully saturated rings. The molecular formula is C21H25N3O4S. The molecule has 154 valence electrons. The van der Waals surface area contributed by atoms with Crippen molar-refractivity contribution in [2.45, 2.75) is 25.8 Å². The second-order valence-electron chi connectivity index (χ2n) is 7.04. The summed E-state index contributed by atoms with van der Waals surface area (Å²) in [6.45, 7) is 3.61. The first-order chi connectivity index (χ1) is 14.0. The molecule has 7 nitrogen and oxygen atoms in total. The molecule has 3 rings (SSSR count). The predicted octanol–water partition coefficient (Wildman–Crippen LogP) is 2.68. The van der Waals surface area contributed by atoms with Crippen LogP contribution in [0.25, 0.3) is 0 Å². The van der Waals surface area contributed by atoms with Crippen LogP contribution in [-0.2, 0) is 9.53 Å². The summed E-state index contributed by atoms with van der Waals surface area (Å²) in [6, 6.07) is 9.33. The van der Waals surface area contributed by atoms with Gasteiger partial charge in [-0.1, -0.05) is 18.2 Å². The van der Waals surface area contributed by atoms with E-state index in [9.17, 15) is 14.4 Å². The van der Waals surface area contributed by atoms with Crippen molar-refractivity contribution in [3.8, 4) is 0 Å². The number of carbonyl (C=O) groups excluding carboxylic acids is 3. The van der Waals surface area contributed by atoms with Crippen LogP contribution in [0.4, 0.5) is 5.69 Å². The van der Waals surface area contributed by atoms with Gasteiger partial charge in [-0.25, -0.2) is 4.79 Å². The second kappa shape index (κ2) is 9.67. The third-order valence-corrected chi connectivity index (χ3v) is 5.88.